The molecule has 144 valence electrons. The summed E-state index contributed by atoms with van der Waals surface area (Å²) in [5.74, 6) is 4.13. The first-order valence-electron chi connectivity index (χ1n) is 11.2. The predicted molar refractivity (Wildman–Crippen MR) is 102 cm³/mol. The molecule has 0 heterocycles. The lowest BCUT2D eigenvalue weighted by Crippen LogP contribution is -2.58. The molecule has 25 heavy (non-hydrogen) atoms. The van der Waals surface area contributed by atoms with Crippen LogP contribution in [0.15, 0.2) is 0 Å². The van der Waals surface area contributed by atoms with Crippen molar-refractivity contribution in [3.8, 4) is 0 Å². The van der Waals surface area contributed by atoms with Crippen LogP contribution in [0.5, 0.6) is 0 Å². The Bertz CT molecular complexity index is 504. The normalized spacial score (nSPS) is 56.6. The molecule has 2 nitrogen and oxygen atoms in total. The fraction of sp³-hybridized carbons (Fsp3) is 1.00. The van der Waals surface area contributed by atoms with E-state index in [9.17, 15) is 10.2 Å². The Kier molecular flexibility index (Phi) is 4.56. The van der Waals surface area contributed by atoms with Crippen molar-refractivity contribution in [1.29, 1.82) is 0 Å². The molecule has 0 aromatic rings. The molecule has 0 spiro atoms. The minimum atomic E-state index is -0.131. The van der Waals surface area contributed by atoms with Crippen LogP contribution in [0, 0.1) is 46.3 Å². The molecule has 4 rings (SSSR count). The lowest BCUT2D eigenvalue weighted by atomic mass is 9.43. The summed E-state index contributed by atoms with van der Waals surface area (Å²) in [5.41, 5.74) is 0.813. The van der Waals surface area contributed by atoms with Crippen LogP contribution >= 0.6 is 0 Å². The Labute approximate surface area is 154 Å². The van der Waals surface area contributed by atoms with Crippen molar-refractivity contribution in [1.82, 2.24) is 0 Å². The van der Waals surface area contributed by atoms with Gasteiger partial charge in [-0.2, -0.15) is 0 Å². The van der Waals surface area contributed by atoms with E-state index in [2.05, 4.69) is 27.7 Å². The average Bonchev–Trinajstić information content (AvgIpc) is 2.93. The number of aliphatic hydroxyl groups excluding tert-OH is 2. The number of hydrogen-bond acceptors (Lipinski definition) is 2. The molecule has 0 aromatic heterocycles. The maximum atomic E-state index is 11.2. The molecule has 2 heteroatoms. The van der Waals surface area contributed by atoms with Gasteiger partial charge in [0.2, 0.25) is 0 Å². The van der Waals surface area contributed by atoms with Gasteiger partial charge in [0.05, 0.1) is 12.2 Å². The fourth-order valence-corrected chi connectivity index (χ4v) is 8.46. The quantitative estimate of drug-likeness (QED) is 0.735. The minimum Gasteiger partial charge on any atom is -0.393 e. The topological polar surface area (TPSA) is 40.5 Å². The van der Waals surface area contributed by atoms with Crippen LogP contribution in [-0.4, -0.2) is 22.4 Å². The first kappa shape index (κ1) is 18.3. The lowest BCUT2D eigenvalue weighted by molar-refractivity contribution is -0.174. The van der Waals surface area contributed by atoms with Crippen molar-refractivity contribution in [2.75, 3.05) is 0 Å². The molecule has 4 aliphatic carbocycles. The van der Waals surface area contributed by atoms with Crippen LogP contribution in [0.4, 0.5) is 0 Å². The molecule has 0 aromatic carbocycles. The highest BCUT2D eigenvalue weighted by Gasteiger charge is 2.62. The zero-order valence-corrected chi connectivity index (χ0v) is 16.9. The standard InChI is InChI=1S/C23H40O2/c1-5-14(2)17-6-7-18-21-19(9-11-23(17,18)4)22(3)10-8-16(24)12-15(22)13-20(21)25/h14-21,24-25H,5-13H2,1-4H3. The highest BCUT2D eigenvalue weighted by atomic mass is 16.3. The summed E-state index contributed by atoms with van der Waals surface area (Å²) in [6.07, 6.45) is 10.4. The maximum absolute atomic E-state index is 11.2. The second kappa shape index (κ2) is 6.23. The van der Waals surface area contributed by atoms with E-state index in [1.807, 2.05) is 0 Å². The van der Waals surface area contributed by atoms with Gasteiger partial charge in [-0.05, 0) is 97.7 Å². The maximum Gasteiger partial charge on any atom is 0.0577 e. The van der Waals surface area contributed by atoms with E-state index in [-0.39, 0.29) is 12.2 Å². The summed E-state index contributed by atoms with van der Waals surface area (Å²) in [6.45, 7) is 9.89. The van der Waals surface area contributed by atoms with Gasteiger partial charge in [0.1, 0.15) is 0 Å². The molecular formula is C23H40O2. The molecule has 2 N–H and O–H groups in total. The Morgan fingerprint density at radius 2 is 1.60 bits per heavy atom. The molecule has 4 fully saturated rings. The molecule has 4 aliphatic rings. The lowest BCUT2D eigenvalue weighted by Gasteiger charge is -2.62. The van der Waals surface area contributed by atoms with E-state index in [0.717, 1.165) is 37.0 Å². The summed E-state index contributed by atoms with van der Waals surface area (Å²) >= 11 is 0. The number of fused-ring (bicyclic) bond motifs is 5. The van der Waals surface area contributed by atoms with E-state index in [1.54, 1.807) is 0 Å². The van der Waals surface area contributed by atoms with E-state index in [4.69, 9.17) is 0 Å². The number of aliphatic hydroxyl groups is 2. The number of rotatable bonds is 2. The molecular weight excluding hydrogens is 308 g/mol. The van der Waals surface area contributed by atoms with E-state index in [0.29, 0.717) is 28.6 Å². The first-order chi connectivity index (χ1) is 11.8. The molecule has 0 amide bonds. The highest BCUT2D eigenvalue weighted by molar-refractivity contribution is 5.11. The largest absolute Gasteiger partial charge is 0.393 e. The van der Waals surface area contributed by atoms with Crippen LogP contribution in [0.25, 0.3) is 0 Å². The van der Waals surface area contributed by atoms with Gasteiger partial charge >= 0.3 is 0 Å². The van der Waals surface area contributed by atoms with Gasteiger partial charge in [0, 0.05) is 0 Å². The van der Waals surface area contributed by atoms with Gasteiger partial charge in [-0.25, -0.2) is 0 Å². The molecule has 10 unspecified atom stereocenters. The van der Waals surface area contributed by atoms with Crippen LogP contribution in [0.3, 0.4) is 0 Å². The van der Waals surface area contributed by atoms with Crippen LogP contribution in [0.2, 0.25) is 0 Å². The molecule has 0 radical (unpaired) electrons. The smallest absolute Gasteiger partial charge is 0.0577 e. The first-order valence-corrected chi connectivity index (χ1v) is 11.2. The zero-order valence-electron chi connectivity index (χ0n) is 16.9. The van der Waals surface area contributed by atoms with Crippen LogP contribution < -0.4 is 0 Å². The van der Waals surface area contributed by atoms with Crippen molar-refractivity contribution >= 4 is 0 Å². The average molecular weight is 349 g/mol. The minimum absolute atomic E-state index is 0.128. The van der Waals surface area contributed by atoms with Gasteiger partial charge < -0.3 is 10.2 Å². The summed E-state index contributed by atoms with van der Waals surface area (Å²) in [6, 6.07) is 0. The van der Waals surface area contributed by atoms with E-state index in [1.165, 1.54) is 38.5 Å². The van der Waals surface area contributed by atoms with Gasteiger partial charge in [-0.1, -0.05) is 34.1 Å². The van der Waals surface area contributed by atoms with E-state index >= 15 is 0 Å². The fourth-order valence-electron chi connectivity index (χ4n) is 8.46. The summed E-state index contributed by atoms with van der Waals surface area (Å²) in [5, 5.41) is 21.4. The van der Waals surface area contributed by atoms with Crippen molar-refractivity contribution in [2.24, 2.45) is 46.3 Å². The third-order valence-corrected chi connectivity index (χ3v) is 10.1. The molecule has 0 bridgehead atoms. The Hall–Kier alpha value is -0.0800. The summed E-state index contributed by atoms with van der Waals surface area (Å²) in [7, 11) is 0. The van der Waals surface area contributed by atoms with Crippen molar-refractivity contribution in [3.63, 3.8) is 0 Å². The van der Waals surface area contributed by atoms with Crippen LogP contribution in [-0.2, 0) is 0 Å². The molecule has 10 atom stereocenters. The highest BCUT2D eigenvalue weighted by Crippen LogP contribution is 2.68. The van der Waals surface area contributed by atoms with Crippen LogP contribution in [0.1, 0.15) is 85.5 Å². The zero-order chi connectivity index (χ0) is 18.0. The van der Waals surface area contributed by atoms with Crippen molar-refractivity contribution in [2.45, 2.75) is 97.7 Å². The molecule has 4 saturated carbocycles. The third kappa shape index (κ3) is 2.57. The number of hydrogen-bond donors (Lipinski definition) is 2. The Morgan fingerprint density at radius 1 is 0.920 bits per heavy atom. The van der Waals surface area contributed by atoms with Crippen molar-refractivity contribution < 1.29 is 10.2 Å². The summed E-state index contributed by atoms with van der Waals surface area (Å²) < 4.78 is 0. The van der Waals surface area contributed by atoms with Crippen molar-refractivity contribution in [3.05, 3.63) is 0 Å². The van der Waals surface area contributed by atoms with Gasteiger partial charge in [0.25, 0.3) is 0 Å². The third-order valence-electron chi connectivity index (χ3n) is 10.1. The Morgan fingerprint density at radius 3 is 2.32 bits per heavy atom. The van der Waals surface area contributed by atoms with Gasteiger partial charge in [-0.15, -0.1) is 0 Å². The monoisotopic (exact) mass is 348 g/mol. The van der Waals surface area contributed by atoms with Gasteiger partial charge in [-0.3, -0.25) is 0 Å². The van der Waals surface area contributed by atoms with E-state index < -0.39 is 0 Å². The molecule has 0 saturated heterocycles. The Balaban J connectivity index is 1.63. The second-order valence-corrected chi connectivity index (χ2v) is 10.8. The predicted octanol–water partition coefficient (Wildman–Crippen LogP) is 5.02. The summed E-state index contributed by atoms with van der Waals surface area (Å²) in [4.78, 5) is 0. The molecule has 0 aliphatic heterocycles. The SMILES string of the molecule is CCC(C)C1CCC2C3C(O)CC4CC(O)CCC4(C)C3CCC12C. The second-order valence-electron chi connectivity index (χ2n) is 10.8. The van der Waals surface area contributed by atoms with Gasteiger partial charge in [0.15, 0.2) is 0 Å².